The van der Waals surface area contributed by atoms with Crippen LogP contribution in [0.25, 0.3) is 10.9 Å². The number of anilines is 5. The summed E-state index contributed by atoms with van der Waals surface area (Å²) >= 11 is 0. The van der Waals surface area contributed by atoms with Crippen molar-refractivity contribution in [2.24, 2.45) is 0 Å². The molecule has 12 nitrogen and oxygen atoms in total. The van der Waals surface area contributed by atoms with E-state index >= 15 is 0 Å². The van der Waals surface area contributed by atoms with Crippen LogP contribution in [0.5, 0.6) is 5.75 Å². The van der Waals surface area contributed by atoms with Gasteiger partial charge >= 0.3 is 0 Å². The summed E-state index contributed by atoms with van der Waals surface area (Å²) in [7, 11) is 1.91. The van der Waals surface area contributed by atoms with E-state index in [0.29, 0.717) is 42.2 Å². The summed E-state index contributed by atoms with van der Waals surface area (Å²) < 4.78 is 13.5. The third-order valence-corrected chi connectivity index (χ3v) is 7.71. The highest BCUT2D eigenvalue weighted by Gasteiger charge is 2.14. The molecule has 5 aromatic rings. The van der Waals surface area contributed by atoms with E-state index in [0.717, 1.165) is 55.9 Å². The first-order valence-corrected chi connectivity index (χ1v) is 15.3. The number of nitrogens with one attached hydrogen (secondary N) is 2. The molecule has 0 saturated carbocycles. The minimum absolute atomic E-state index is 0.332. The molecule has 2 N–H and O–H groups in total. The molecule has 0 spiro atoms. The molecule has 1 aliphatic rings. The minimum Gasteiger partial charge on any atom is -0.491 e. The van der Waals surface area contributed by atoms with Gasteiger partial charge in [0.05, 0.1) is 43.8 Å². The molecule has 1 saturated heterocycles. The summed E-state index contributed by atoms with van der Waals surface area (Å²) in [5.41, 5.74) is 4.34. The van der Waals surface area contributed by atoms with Gasteiger partial charge in [-0.25, -0.2) is 9.97 Å². The average Bonchev–Trinajstić information content (AvgIpc) is 3.49. The van der Waals surface area contributed by atoms with Gasteiger partial charge in [-0.1, -0.05) is 36.9 Å². The first-order valence-electron chi connectivity index (χ1n) is 15.3. The maximum absolute atomic E-state index is 12.2. The highest BCUT2D eigenvalue weighted by Crippen LogP contribution is 2.30. The fourth-order valence-electron chi connectivity index (χ4n) is 5.23. The number of carbonyl (C=O) groups excluding carboxylic acids is 1. The summed E-state index contributed by atoms with van der Waals surface area (Å²) in [5.74, 6) is 1.06. The van der Waals surface area contributed by atoms with Crippen LogP contribution in [0.4, 0.5) is 29.0 Å². The first kappa shape index (κ1) is 30.7. The summed E-state index contributed by atoms with van der Waals surface area (Å²) in [5, 5.41) is 11.7. The van der Waals surface area contributed by atoms with Crippen molar-refractivity contribution in [3.63, 3.8) is 0 Å². The topological polar surface area (TPSA) is 123 Å². The number of amides is 1. The van der Waals surface area contributed by atoms with Crippen LogP contribution in [-0.2, 0) is 16.1 Å². The normalized spacial score (nSPS) is 13.3. The zero-order valence-electron chi connectivity index (χ0n) is 25.8. The minimum atomic E-state index is -0.332. The van der Waals surface area contributed by atoms with Crippen LogP contribution in [0.15, 0.2) is 91.9 Å². The van der Waals surface area contributed by atoms with Gasteiger partial charge in [0.25, 0.3) is 0 Å². The molecule has 6 rings (SSSR count). The van der Waals surface area contributed by atoms with Crippen molar-refractivity contribution in [3.8, 4) is 5.75 Å². The van der Waals surface area contributed by atoms with Crippen LogP contribution >= 0.6 is 0 Å². The van der Waals surface area contributed by atoms with Crippen molar-refractivity contribution < 1.29 is 14.3 Å². The molecule has 1 amide bonds. The summed E-state index contributed by atoms with van der Waals surface area (Å²) in [6.45, 7) is 9.12. The number of hydrogen-bond donors (Lipinski definition) is 2. The predicted molar refractivity (Wildman–Crippen MR) is 179 cm³/mol. The van der Waals surface area contributed by atoms with E-state index in [1.807, 2.05) is 59.2 Å². The van der Waals surface area contributed by atoms with E-state index in [1.54, 1.807) is 6.07 Å². The molecule has 2 aromatic heterocycles. The number of fused-ring (bicyclic) bond motifs is 1. The quantitative estimate of drug-likeness (QED) is 0.137. The second-order valence-corrected chi connectivity index (χ2v) is 10.9. The SMILES string of the molecule is C=CC(=O)Nc1cc(Nc2ncnc(N(C)c3ccc4c(cnn4Cc4ccccc4)c3)n2)ccc1OCCCN1CCOCC1. The third kappa shape index (κ3) is 7.65. The van der Waals surface area contributed by atoms with Crippen LogP contribution in [-0.4, -0.2) is 82.0 Å². The Morgan fingerprint density at radius 2 is 1.93 bits per heavy atom. The van der Waals surface area contributed by atoms with Crippen LogP contribution < -0.4 is 20.3 Å². The van der Waals surface area contributed by atoms with Crippen molar-refractivity contribution in [2.75, 3.05) is 62.0 Å². The van der Waals surface area contributed by atoms with E-state index in [9.17, 15) is 4.79 Å². The molecule has 0 bridgehead atoms. The Morgan fingerprint density at radius 1 is 1.09 bits per heavy atom. The van der Waals surface area contributed by atoms with Gasteiger partial charge in [0.2, 0.25) is 17.8 Å². The molecule has 236 valence electrons. The van der Waals surface area contributed by atoms with Gasteiger partial charge in [-0.2, -0.15) is 10.1 Å². The number of nitrogens with zero attached hydrogens (tertiary/aromatic N) is 7. The first-order chi connectivity index (χ1) is 22.6. The summed E-state index contributed by atoms with van der Waals surface area (Å²) in [6, 6.07) is 21.9. The highest BCUT2D eigenvalue weighted by molar-refractivity contribution is 6.00. The molecule has 1 aliphatic heterocycles. The van der Waals surface area contributed by atoms with Crippen molar-refractivity contribution in [2.45, 2.75) is 13.0 Å². The summed E-state index contributed by atoms with van der Waals surface area (Å²) in [6.07, 6.45) is 5.42. The molecule has 46 heavy (non-hydrogen) atoms. The number of aromatic nitrogens is 5. The maximum Gasteiger partial charge on any atom is 0.247 e. The lowest BCUT2D eigenvalue weighted by Gasteiger charge is -2.26. The van der Waals surface area contributed by atoms with Gasteiger partial charge in [-0.3, -0.25) is 14.4 Å². The van der Waals surface area contributed by atoms with Crippen LogP contribution in [0, 0.1) is 0 Å². The molecule has 0 unspecified atom stereocenters. The zero-order chi connectivity index (χ0) is 31.7. The molecule has 1 fully saturated rings. The Hall–Kier alpha value is -5.33. The Kier molecular flexibility index (Phi) is 9.76. The molecular formula is C34H37N9O3. The zero-order valence-corrected chi connectivity index (χ0v) is 25.8. The second kappa shape index (κ2) is 14.6. The molecule has 12 heteroatoms. The largest absolute Gasteiger partial charge is 0.491 e. The van der Waals surface area contributed by atoms with Crippen molar-refractivity contribution in [1.82, 2.24) is 29.6 Å². The Bertz CT molecular complexity index is 1790. The number of benzene rings is 3. The van der Waals surface area contributed by atoms with Crippen LogP contribution in [0.3, 0.4) is 0 Å². The fraction of sp³-hybridized carbons (Fsp3) is 0.265. The van der Waals surface area contributed by atoms with Gasteiger partial charge in [-0.05, 0) is 54.5 Å². The maximum atomic E-state index is 12.2. The third-order valence-electron chi connectivity index (χ3n) is 7.71. The lowest BCUT2D eigenvalue weighted by atomic mass is 10.2. The highest BCUT2D eigenvalue weighted by atomic mass is 16.5. The summed E-state index contributed by atoms with van der Waals surface area (Å²) in [4.78, 5) is 29.8. The molecular weight excluding hydrogens is 582 g/mol. The molecule has 0 atom stereocenters. The predicted octanol–water partition coefficient (Wildman–Crippen LogP) is 5.01. The van der Waals surface area contributed by atoms with Crippen LogP contribution in [0.1, 0.15) is 12.0 Å². The van der Waals surface area contributed by atoms with E-state index in [2.05, 4.69) is 66.4 Å². The van der Waals surface area contributed by atoms with E-state index in [-0.39, 0.29) is 5.91 Å². The van der Waals surface area contributed by atoms with Gasteiger partial charge < -0.3 is 25.0 Å². The van der Waals surface area contributed by atoms with Gasteiger partial charge in [0.15, 0.2) is 0 Å². The standard InChI is InChI=1S/C34H37N9O3/c1-3-32(44)39-29-21-27(10-13-31(29)46-17-7-14-42-15-18-45-19-16-42)38-33-35-24-36-34(40-33)41(2)28-11-12-30-26(20-28)22-37-43(30)23-25-8-5-4-6-9-25/h3-6,8-13,20-22,24H,1,7,14-19,23H2,2H3,(H,39,44)(H,35,36,38,40). The average molecular weight is 620 g/mol. The van der Waals surface area contributed by atoms with E-state index in [1.165, 1.54) is 18.0 Å². The second-order valence-electron chi connectivity index (χ2n) is 10.9. The lowest BCUT2D eigenvalue weighted by molar-refractivity contribution is -0.111. The smallest absolute Gasteiger partial charge is 0.247 e. The Labute approximate surface area is 267 Å². The lowest BCUT2D eigenvalue weighted by Crippen LogP contribution is -2.37. The number of carbonyl (C=O) groups is 1. The van der Waals surface area contributed by atoms with Gasteiger partial charge in [0.1, 0.15) is 12.1 Å². The van der Waals surface area contributed by atoms with Gasteiger partial charge in [0, 0.05) is 43.4 Å². The van der Waals surface area contributed by atoms with E-state index < -0.39 is 0 Å². The number of ether oxygens (including phenoxy) is 2. The number of rotatable bonds is 13. The molecule has 0 aliphatic carbocycles. The van der Waals surface area contributed by atoms with Crippen molar-refractivity contribution in [1.29, 1.82) is 0 Å². The fourth-order valence-corrected chi connectivity index (χ4v) is 5.23. The molecule has 0 radical (unpaired) electrons. The van der Waals surface area contributed by atoms with Crippen molar-refractivity contribution in [3.05, 3.63) is 97.5 Å². The number of morpholine rings is 1. The number of hydrogen-bond acceptors (Lipinski definition) is 10. The monoisotopic (exact) mass is 619 g/mol. The van der Waals surface area contributed by atoms with E-state index in [4.69, 9.17) is 9.47 Å². The Morgan fingerprint density at radius 3 is 2.76 bits per heavy atom. The Balaban J connectivity index is 1.13. The van der Waals surface area contributed by atoms with Crippen molar-refractivity contribution >= 4 is 45.8 Å². The van der Waals surface area contributed by atoms with Gasteiger partial charge in [-0.15, -0.1) is 0 Å². The molecule has 3 aromatic carbocycles. The molecule has 3 heterocycles. The van der Waals surface area contributed by atoms with Crippen LogP contribution in [0.2, 0.25) is 0 Å².